The quantitative estimate of drug-likeness (QED) is 0.453. The fraction of sp³-hybridized carbons (Fsp3) is 0.519. The Hall–Kier alpha value is -2.57. The first-order valence-electron chi connectivity index (χ1n) is 12.5. The number of carbonyl (C=O) groups excluding carboxylic acids is 1. The molecular formula is C27H34N4O2. The molecular weight excluding hydrogens is 412 g/mol. The van der Waals surface area contributed by atoms with Crippen LogP contribution >= 0.6 is 0 Å². The summed E-state index contributed by atoms with van der Waals surface area (Å²) < 4.78 is 5.54. The van der Waals surface area contributed by atoms with Gasteiger partial charge in [0.15, 0.2) is 6.29 Å². The number of morpholine rings is 1. The van der Waals surface area contributed by atoms with E-state index in [2.05, 4.69) is 15.2 Å². The molecule has 0 radical (unpaired) electrons. The molecule has 174 valence electrons. The van der Waals surface area contributed by atoms with E-state index in [4.69, 9.17) is 10.1 Å². The fourth-order valence-corrected chi connectivity index (χ4v) is 5.60. The Bertz CT molecular complexity index is 975. The Labute approximate surface area is 196 Å². The number of benzene rings is 1. The average Bonchev–Trinajstić information content (AvgIpc) is 2.83. The summed E-state index contributed by atoms with van der Waals surface area (Å²) in [6.45, 7) is 3.74. The van der Waals surface area contributed by atoms with Crippen molar-refractivity contribution in [3.8, 4) is 0 Å². The third kappa shape index (κ3) is 4.87. The molecule has 0 amide bonds. The van der Waals surface area contributed by atoms with Crippen LogP contribution in [0.3, 0.4) is 0 Å². The van der Waals surface area contributed by atoms with Crippen molar-refractivity contribution in [2.45, 2.75) is 56.9 Å². The van der Waals surface area contributed by atoms with Crippen molar-refractivity contribution in [3.63, 3.8) is 0 Å². The number of para-hydroxylation sites is 1. The zero-order valence-electron chi connectivity index (χ0n) is 19.3. The second-order valence-electron chi connectivity index (χ2n) is 9.66. The van der Waals surface area contributed by atoms with Crippen LogP contribution in [-0.2, 0) is 4.74 Å². The first-order chi connectivity index (χ1) is 16.2. The highest BCUT2D eigenvalue weighted by Crippen LogP contribution is 2.41. The largest absolute Gasteiger partial charge is 0.379 e. The molecule has 3 aliphatic rings. The van der Waals surface area contributed by atoms with E-state index in [1.54, 1.807) is 0 Å². The summed E-state index contributed by atoms with van der Waals surface area (Å²) in [5, 5.41) is 12.5. The average molecular weight is 447 g/mol. The van der Waals surface area contributed by atoms with Gasteiger partial charge in [-0.25, -0.2) is 4.98 Å². The Morgan fingerprint density at radius 3 is 2.42 bits per heavy atom. The van der Waals surface area contributed by atoms with Gasteiger partial charge in [0.05, 0.1) is 13.2 Å². The van der Waals surface area contributed by atoms with Gasteiger partial charge in [0.2, 0.25) is 0 Å². The first-order valence-corrected chi connectivity index (χ1v) is 12.5. The van der Waals surface area contributed by atoms with E-state index < -0.39 is 0 Å². The Morgan fingerprint density at radius 2 is 1.79 bits per heavy atom. The van der Waals surface area contributed by atoms with E-state index in [-0.39, 0.29) is 0 Å². The van der Waals surface area contributed by atoms with Gasteiger partial charge in [0.1, 0.15) is 11.5 Å². The minimum absolute atomic E-state index is 0.300. The number of carbonyl (C=O) groups is 1. The van der Waals surface area contributed by atoms with Gasteiger partial charge in [0, 0.05) is 42.0 Å². The highest BCUT2D eigenvalue weighted by atomic mass is 16.5. The SMILES string of the molecule is N=C(c1c(C2CCC(N3CCOCC3)CC2)cc(C=O)nc1Nc1ccccc1)C1CCC1. The molecule has 2 aliphatic carbocycles. The van der Waals surface area contributed by atoms with Gasteiger partial charge in [-0.1, -0.05) is 24.6 Å². The second-order valence-corrected chi connectivity index (χ2v) is 9.66. The first kappa shape index (κ1) is 22.2. The van der Waals surface area contributed by atoms with E-state index in [1.165, 1.54) is 6.42 Å². The third-order valence-corrected chi connectivity index (χ3v) is 7.71. The van der Waals surface area contributed by atoms with Crippen LogP contribution in [0.5, 0.6) is 0 Å². The van der Waals surface area contributed by atoms with Crippen molar-refractivity contribution >= 4 is 23.5 Å². The summed E-state index contributed by atoms with van der Waals surface area (Å²) in [5.41, 5.74) is 4.14. The van der Waals surface area contributed by atoms with Crippen molar-refractivity contribution < 1.29 is 9.53 Å². The summed E-state index contributed by atoms with van der Waals surface area (Å²) in [4.78, 5) is 19.1. The Kier molecular flexibility index (Phi) is 6.83. The molecule has 2 aromatic rings. The number of pyridine rings is 1. The monoisotopic (exact) mass is 446 g/mol. The molecule has 0 bridgehead atoms. The van der Waals surface area contributed by atoms with Crippen LogP contribution in [0.1, 0.15) is 72.5 Å². The number of nitrogens with zero attached hydrogens (tertiary/aromatic N) is 2. The van der Waals surface area contributed by atoms with Crippen LogP contribution in [0.25, 0.3) is 0 Å². The highest BCUT2D eigenvalue weighted by Gasteiger charge is 2.33. The molecule has 1 saturated heterocycles. The molecule has 6 nitrogen and oxygen atoms in total. The molecule has 0 unspecified atom stereocenters. The van der Waals surface area contributed by atoms with E-state index in [1.807, 2.05) is 36.4 Å². The molecule has 3 fully saturated rings. The zero-order valence-corrected chi connectivity index (χ0v) is 19.3. The number of anilines is 2. The van der Waals surface area contributed by atoms with Gasteiger partial charge in [-0.05, 0) is 68.2 Å². The molecule has 0 spiro atoms. The van der Waals surface area contributed by atoms with Crippen LogP contribution in [0.4, 0.5) is 11.5 Å². The molecule has 0 atom stereocenters. The van der Waals surface area contributed by atoms with E-state index in [0.29, 0.717) is 35.1 Å². The highest BCUT2D eigenvalue weighted by molar-refractivity contribution is 6.06. The Morgan fingerprint density at radius 1 is 1.06 bits per heavy atom. The van der Waals surface area contributed by atoms with Crippen LogP contribution in [0.15, 0.2) is 36.4 Å². The topological polar surface area (TPSA) is 78.3 Å². The van der Waals surface area contributed by atoms with Crippen LogP contribution in [0, 0.1) is 11.3 Å². The molecule has 5 rings (SSSR count). The number of hydrogen-bond acceptors (Lipinski definition) is 6. The van der Waals surface area contributed by atoms with Crippen LogP contribution < -0.4 is 5.32 Å². The molecule has 2 saturated carbocycles. The van der Waals surface area contributed by atoms with Gasteiger partial charge in [0.25, 0.3) is 0 Å². The van der Waals surface area contributed by atoms with Crippen LogP contribution in [0.2, 0.25) is 0 Å². The van der Waals surface area contributed by atoms with Gasteiger partial charge in [-0.2, -0.15) is 0 Å². The van der Waals surface area contributed by atoms with Crippen molar-refractivity contribution in [1.82, 2.24) is 9.88 Å². The van der Waals surface area contributed by atoms with Gasteiger partial charge in [-0.15, -0.1) is 0 Å². The lowest BCUT2D eigenvalue weighted by molar-refractivity contribution is 0.00729. The molecule has 2 N–H and O–H groups in total. The zero-order chi connectivity index (χ0) is 22.6. The molecule has 1 aliphatic heterocycles. The number of ether oxygens (including phenoxy) is 1. The molecule has 2 heterocycles. The summed E-state index contributed by atoms with van der Waals surface area (Å²) in [6, 6.07) is 12.5. The van der Waals surface area contributed by atoms with Crippen molar-refractivity contribution in [2.75, 3.05) is 31.6 Å². The summed E-state index contributed by atoms with van der Waals surface area (Å²) in [6.07, 6.45) is 8.65. The predicted octanol–water partition coefficient (Wildman–Crippen LogP) is 5.16. The Balaban J connectivity index is 1.45. The van der Waals surface area contributed by atoms with Gasteiger partial charge < -0.3 is 15.5 Å². The molecule has 33 heavy (non-hydrogen) atoms. The maximum atomic E-state index is 11.8. The number of nitrogens with one attached hydrogen (secondary N) is 2. The van der Waals surface area contributed by atoms with E-state index in [0.717, 1.165) is 87.9 Å². The molecule has 6 heteroatoms. The second kappa shape index (κ2) is 10.1. The summed E-state index contributed by atoms with van der Waals surface area (Å²) in [5.74, 6) is 1.32. The van der Waals surface area contributed by atoms with Gasteiger partial charge in [-0.3, -0.25) is 9.69 Å². The number of aldehydes is 1. The summed E-state index contributed by atoms with van der Waals surface area (Å²) >= 11 is 0. The van der Waals surface area contributed by atoms with Crippen molar-refractivity contribution in [1.29, 1.82) is 5.41 Å². The predicted molar refractivity (Wildman–Crippen MR) is 131 cm³/mol. The number of rotatable bonds is 7. The maximum Gasteiger partial charge on any atom is 0.168 e. The van der Waals surface area contributed by atoms with Crippen molar-refractivity contribution in [2.24, 2.45) is 5.92 Å². The summed E-state index contributed by atoms with van der Waals surface area (Å²) in [7, 11) is 0. The van der Waals surface area contributed by atoms with E-state index >= 15 is 0 Å². The lowest BCUT2D eigenvalue weighted by atomic mass is 9.74. The lowest BCUT2D eigenvalue weighted by Gasteiger charge is -2.39. The third-order valence-electron chi connectivity index (χ3n) is 7.71. The number of hydrogen-bond donors (Lipinski definition) is 2. The van der Waals surface area contributed by atoms with Crippen LogP contribution in [-0.4, -0.2) is 54.2 Å². The standard InChI is InChI=1S/C27H34N4O2/c28-26(20-5-4-6-20)25-24(19-9-11-23(12-10-19)31-13-15-33-16-14-31)17-22(18-32)30-27(25)29-21-7-2-1-3-8-21/h1-3,7-8,17-20,23,28H,4-6,9-16H2,(H,29,30). The normalized spacial score (nSPS) is 24.1. The molecule has 1 aromatic heterocycles. The fourth-order valence-electron chi connectivity index (χ4n) is 5.60. The lowest BCUT2D eigenvalue weighted by Crippen LogP contribution is -2.44. The minimum Gasteiger partial charge on any atom is -0.379 e. The van der Waals surface area contributed by atoms with E-state index in [9.17, 15) is 4.79 Å². The maximum absolute atomic E-state index is 11.8. The molecule has 1 aromatic carbocycles. The smallest absolute Gasteiger partial charge is 0.168 e. The van der Waals surface area contributed by atoms with Gasteiger partial charge >= 0.3 is 0 Å². The minimum atomic E-state index is 0.300. The number of aromatic nitrogens is 1. The van der Waals surface area contributed by atoms with Crippen molar-refractivity contribution in [3.05, 3.63) is 53.2 Å².